The molecule has 0 bridgehead atoms. The van der Waals surface area contributed by atoms with Crippen molar-refractivity contribution in [1.29, 1.82) is 0 Å². The zero-order valence-corrected chi connectivity index (χ0v) is 20.7. The highest BCUT2D eigenvalue weighted by Crippen LogP contribution is 2.29. The number of aromatic nitrogens is 2. The molecule has 8 heteroatoms. The summed E-state index contributed by atoms with van der Waals surface area (Å²) >= 11 is 12.4. The summed E-state index contributed by atoms with van der Waals surface area (Å²) in [7, 11) is 0. The Labute approximate surface area is 204 Å². The van der Waals surface area contributed by atoms with Crippen molar-refractivity contribution in [3.63, 3.8) is 0 Å². The molecule has 1 N–H and O–H groups in total. The molecule has 0 aliphatic heterocycles. The molecule has 0 unspecified atom stereocenters. The van der Waals surface area contributed by atoms with E-state index in [1.165, 1.54) is 4.90 Å². The molecule has 0 fully saturated rings. The quantitative estimate of drug-likeness (QED) is 0.447. The molecule has 0 radical (unpaired) electrons. The van der Waals surface area contributed by atoms with Gasteiger partial charge in [0.2, 0.25) is 5.91 Å². The highest BCUT2D eigenvalue weighted by Gasteiger charge is 2.24. The van der Waals surface area contributed by atoms with E-state index >= 15 is 0 Å². The van der Waals surface area contributed by atoms with Crippen molar-refractivity contribution in [2.45, 2.75) is 39.5 Å². The Morgan fingerprint density at radius 3 is 2.42 bits per heavy atom. The van der Waals surface area contributed by atoms with Gasteiger partial charge >= 0.3 is 0 Å². The van der Waals surface area contributed by atoms with Gasteiger partial charge in [0, 0.05) is 28.6 Å². The lowest BCUT2D eigenvalue weighted by Gasteiger charge is -2.22. The standard InChI is InChI=1S/C25H28Cl2N4O2/c1-5-13-30(24(33)17-9-8-10-18(26)14-17)16-23(32)28-22-15-21(25(2,3)4)29-31(22)20-12-7-6-11-19(20)27/h6-12,14-15H,5,13,16H2,1-4H3,(H,28,32). The van der Waals surface area contributed by atoms with Crippen LogP contribution < -0.4 is 5.32 Å². The van der Waals surface area contributed by atoms with Gasteiger partial charge in [0.15, 0.2) is 0 Å². The largest absolute Gasteiger partial charge is 0.329 e. The van der Waals surface area contributed by atoms with Crippen LogP contribution in [0.25, 0.3) is 5.69 Å². The van der Waals surface area contributed by atoms with Gasteiger partial charge < -0.3 is 10.2 Å². The molecule has 0 aliphatic rings. The van der Waals surface area contributed by atoms with Crippen LogP contribution in [0.3, 0.4) is 0 Å². The fourth-order valence-electron chi connectivity index (χ4n) is 3.33. The number of hydrogen-bond acceptors (Lipinski definition) is 3. The molecule has 1 aromatic heterocycles. The maximum Gasteiger partial charge on any atom is 0.254 e. The first kappa shape index (κ1) is 24.8. The van der Waals surface area contributed by atoms with Gasteiger partial charge in [-0.1, -0.05) is 69.1 Å². The van der Waals surface area contributed by atoms with Crippen LogP contribution in [0.4, 0.5) is 5.82 Å². The van der Waals surface area contributed by atoms with Gasteiger partial charge in [-0.3, -0.25) is 9.59 Å². The number of nitrogens with one attached hydrogen (secondary N) is 1. The minimum absolute atomic E-state index is 0.0995. The van der Waals surface area contributed by atoms with Crippen molar-refractivity contribution in [1.82, 2.24) is 14.7 Å². The molecule has 33 heavy (non-hydrogen) atoms. The fraction of sp³-hybridized carbons (Fsp3) is 0.320. The number of anilines is 1. The second kappa shape index (κ2) is 10.4. The zero-order chi connectivity index (χ0) is 24.2. The number of halogens is 2. The molecule has 2 aromatic carbocycles. The third-order valence-corrected chi connectivity index (χ3v) is 5.57. The molecule has 3 aromatic rings. The molecule has 0 saturated heterocycles. The molecule has 0 atom stereocenters. The molecule has 1 heterocycles. The number of carbonyl (C=O) groups excluding carboxylic acids is 2. The molecule has 0 spiro atoms. The van der Waals surface area contributed by atoms with Gasteiger partial charge in [0.05, 0.1) is 16.4 Å². The monoisotopic (exact) mass is 486 g/mol. The van der Waals surface area contributed by atoms with Crippen molar-refractivity contribution in [2.75, 3.05) is 18.4 Å². The van der Waals surface area contributed by atoms with Crippen LogP contribution in [-0.2, 0) is 10.2 Å². The van der Waals surface area contributed by atoms with E-state index in [4.69, 9.17) is 28.3 Å². The maximum absolute atomic E-state index is 13.0. The average molecular weight is 487 g/mol. The van der Waals surface area contributed by atoms with Gasteiger partial charge in [0.25, 0.3) is 5.91 Å². The van der Waals surface area contributed by atoms with Gasteiger partial charge in [0.1, 0.15) is 12.4 Å². The summed E-state index contributed by atoms with van der Waals surface area (Å²) in [6.07, 6.45) is 0.714. The van der Waals surface area contributed by atoms with E-state index in [1.807, 2.05) is 52.0 Å². The predicted molar refractivity (Wildman–Crippen MR) is 134 cm³/mol. The van der Waals surface area contributed by atoms with Crippen molar-refractivity contribution >= 4 is 40.8 Å². The van der Waals surface area contributed by atoms with E-state index in [2.05, 4.69) is 5.32 Å². The number of carbonyl (C=O) groups is 2. The maximum atomic E-state index is 13.0. The van der Waals surface area contributed by atoms with Gasteiger partial charge in [-0.2, -0.15) is 5.10 Å². The van der Waals surface area contributed by atoms with Gasteiger partial charge in [-0.25, -0.2) is 4.68 Å². The minimum Gasteiger partial charge on any atom is -0.329 e. The van der Waals surface area contributed by atoms with Crippen LogP contribution in [0.2, 0.25) is 10.0 Å². The zero-order valence-electron chi connectivity index (χ0n) is 19.2. The molecular formula is C25H28Cl2N4O2. The number of hydrogen-bond donors (Lipinski definition) is 1. The number of amides is 2. The van der Waals surface area contributed by atoms with Crippen molar-refractivity contribution in [3.05, 3.63) is 75.9 Å². The smallest absolute Gasteiger partial charge is 0.254 e. The number of nitrogens with zero attached hydrogens (tertiary/aromatic N) is 3. The molecule has 3 rings (SSSR count). The Morgan fingerprint density at radius 1 is 1.06 bits per heavy atom. The number of rotatable bonds is 7. The highest BCUT2D eigenvalue weighted by molar-refractivity contribution is 6.32. The Morgan fingerprint density at radius 2 is 1.79 bits per heavy atom. The first-order valence-corrected chi connectivity index (χ1v) is 11.6. The van der Waals surface area contributed by atoms with Crippen LogP contribution >= 0.6 is 23.2 Å². The minimum atomic E-state index is -0.326. The molecule has 0 aliphatic carbocycles. The van der Waals surface area contributed by atoms with E-state index in [9.17, 15) is 9.59 Å². The molecular weight excluding hydrogens is 459 g/mol. The summed E-state index contributed by atoms with van der Waals surface area (Å²) in [6, 6.07) is 15.9. The van der Waals surface area contributed by atoms with E-state index in [0.29, 0.717) is 40.1 Å². The average Bonchev–Trinajstić information content (AvgIpc) is 3.17. The lowest BCUT2D eigenvalue weighted by Crippen LogP contribution is -2.38. The van der Waals surface area contributed by atoms with Crippen molar-refractivity contribution < 1.29 is 9.59 Å². The van der Waals surface area contributed by atoms with Crippen molar-refractivity contribution in [3.8, 4) is 5.69 Å². The summed E-state index contributed by atoms with van der Waals surface area (Å²) in [5.74, 6) is -0.0818. The third-order valence-electron chi connectivity index (χ3n) is 5.01. The highest BCUT2D eigenvalue weighted by atomic mass is 35.5. The summed E-state index contributed by atoms with van der Waals surface area (Å²) in [6.45, 7) is 8.44. The van der Waals surface area contributed by atoms with Crippen LogP contribution in [0.15, 0.2) is 54.6 Å². The lowest BCUT2D eigenvalue weighted by atomic mass is 9.92. The second-order valence-corrected chi connectivity index (χ2v) is 9.66. The van der Waals surface area contributed by atoms with Crippen LogP contribution in [-0.4, -0.2) is 39.6 Å². The summed E-state index contributed by atoms with van der Waals surface area (Å²) in [5.41, 5.74) is 1.67. The molecule has 2 amide bonds. The Kier molecular flexibility index (Phi) is 7.82. The number of para-hydroxylation sites is 1. The topological polar surface area (TPSA) is 67.2 Å². The lowest BCUT2D eigenvalue weighted by molar-refractivity contribution is -0.116. The van der Waals surface area contributed by atoms with Crippen LogP contribution in [0, 0.1) is 0 Å². The van der Waals surface area contributed by atoms with Gasteiger partial charge in [-0.15, -0.1) is 0 Å². The second-order valence-electron chi connectivity index (χ2n) is 8.81. The SMILES string of the molecule is CCCN(CC(=O)Nc1cc(C(C)(C)C)nn1-c1ccccc1Cl)C(=O)c1cccc(Cl)c1. The van der Waals surface area contributed by atoms with E-state index in [-0.39, 0.29) is 23.8 Å². The van der Waals surface area contributed by atoms with E-state index in [0.717, 1.165) is 5.69 Å². The van der Waals surface area contributed by atoms with E-state index in [1.54, 1.807) is 35.0 Å². The van der Waals surface area contributed by atoms with Crippen LogP contribution in [0.5, 0.6) is 0 Å². The molecule has 0 saturated carbocycles. The van der Waals surface area contributed by atoms with Crippen LogP contribution in [0.1, 0.15) is 50.2 Å². The number of benzene rings is 2. The Hall–Kier alpha value is -2.83. The van der Waals surface area contributed by atoms with Gasteiger partial charge in [-0.05, 0) is 36.8 Å². The molecule has 6 nitrogen and oxygen atoms in total. The van der Waals surface area contributed by atoms with E-state index < -0.39 is 0 Å². The first-order valence-electron chi connectivity index (χ1n) is 10.8. The predicted octanol–water partition coefficient (Wildman–Crippen LogP) is 5.97. The summed E-state index contributed by atoms with van der Waals surface area (Å²) in [4.78, 5) is 27.5. The van der Waals surface area contributed by atoms with Crippen molar-refractivity contribution in [2.24, 2.45) is 0 Å². The summed E-state index contributed by atoms with van der Waals surface area (Å²) < 4.78 is 1.63. The Balaban J connectivity index is 1.87. The first-order chi connectivity index (χ1) is 15.6. The Bertz CT molecular complexity index is 1150. The normalized spacial score (nSPS) is 11.3. The third kappa shape index (κ3) is 6.15. The summed E-state index contributed by atoms with van der Waals surface area (Å²) in [5, 5.41) is 8.60. The fourth-order valence-corrected chi connectivity index (χ4v) is 3.73. The molecule has 174 valence electrons.